The Bertz CT molecular complexity index is 1470. The van der Waals surface area contributed by atoms with E-state index in [4.69, 9.17) is 19.8 Å². The Kier molecular flexibility index (Phi) is 8.25. The number of hydrogen-bond acceptors (Lipinski definition) is 5. The zero-order chi connectivity index (χ0) is 27.2. The first kappa shape index (κ1) is 26.5. The molecule has 39 heavy (non-hydrogen) atoms. The highest BCUT2D eigenvalue weighted by molar-refractivity contribution is 6.02. The molecule has 7 nitrogen and oxygen atoms in total. The van der Waals surface area contributed by atoms with Gasteiger partial charge in [0.25, 0.3) is 0 Å². The van der Waals surface area contributed by atoms with Crippen LogP contribution in [-0.4, -0.2) is 51.2 Å². The van der Waals surface area contributed by atoms with E-state index in [-0.39, 0.29) is 0 Å². The molecule has 0 saturated heterocycles. The van der Waals surface area contributed by atoms with E-state index in [1.165, 1.54) is 12.8 Å². The Balaban J connectivity index is 1.46. The topological polar surface area (TPSA) is 80.0 Å². The van der Waals surface area contributed by atoms with Gasteiger partial charge in [0.2, 0.25) is 0 Å². The molecule has 0 aliphatic carbocycles. The van der Waals surface area contributed by atoms with Crippen molar-refractivity contribution in [2.24, 2.45) is 4.99 Å². The number of aliphatic imine (C=N–C) groups is 1. The van der Waals surface area contributed by atoms with E-state index in [9.17, 15) is 4.79 Å². The molecular formula is C32H36N4O3. The number of fused-ring (bicyclic) bond motifs is 1. The fraction of sp³-hybridized carbons (Fsp3) is 0.344. The second-order valence-electron chi connectivity index (χ2n) is 10.0. The van der Waals surface area contributed by atoms with Crippen LogP contribution in [-0.2, 0) is 13.0 Å². The second kappa shape index (κ2) is 12.2. The molecule has 1 aliphatic heterocycles. The molecule has 0 radical (unpaired) electrons. The van der Waals surface area contributed by atoms with Crippen LogP contribution in [0.4, 0.5) is 4.79 Å². The van der Waals surface area contributed by atoms with Gasteiger partial charge in [0, 0.05) is 37.2 Å². The van der Waals surface area contributed by atoms with Crippen molar-refractivity contribution in [3.05, 3.63) is 83.7 Å². The number of aromatic nitrogens is 2. The van der Waals surface area contributed by atoms with Gasteiger partial charge in [-0.25, -0.2) is 9.78 Å². The lowest BCUT2D eigenvalue weighted by Crippen LogP contribution is -2.29. The monoisotopic (exact) mass is 524 g/mol. The molecule has 0 amide bonds. The third kappa shape index (κ3) is 5.98. The number of amidine groups is 1. The van der Waals surface area contributed by atoms with Gasteiger partial charge in [-0.1, -0.05) is 69.2 Å². The Morgan fingerprint density at radius 3 is 2.51 bits per heavy atom. The molecule has 0 saturated carbocycles. The summed E-state index contributed by atoms with van der Waals surface area (Å²) in [7, 11) is 0. The first-order valence-corrected chi connectivity index (χ1v) is 14.0. The maximum absolute atomic E-state index is 11.1. The predicted molar refractivity (Wildman–Crippen MR) is 156 cm³/mol. The minimum absolute atomic E-state index is 0.329. The lowest BCUT2D eigenvalue weighted by atomic mass is 10.0. The third-order valence-corrected chi connectivity index (χ3v) is 7.24. The maximum Gasteiger partial charge on any atom is 0.511 e. The summed E-state index contributed by atoms with van der Waals surface area (Å²) >= 11 is 0. The molecule has 0 unspecified atom stereocenters. The molecule has 0 bridgehead atoms. The second-order valence-corrected chi connectivity index (χ2v) is 10.0. The number of hydrogen-bond donors (Lipinski definition) is 1. The van der Waals surface area contributed by atoms with Crippen molar-refractivity contribution < 1.29 is 14.6 Å². The molecule has 1 N–H and O–H groups in total. The van der Waals surface area contributed by atoms with Crippen LogP contribution in [0.2, 0.25) is 0 Å². The van der Waals surface area contributed by atoms with E-state index in [0.717, 1.165) is 83.8 Å². The molecular weight excluding hydrogens is 488 g/mol. The fourth-order valence-electron chi connectivity index (χ4n) is 5.20. The zero-order valence-corrected chi connectivity index (χ0v) is 22.8. The van der Waals surface area contributed by atoms with Crippen LogP contribution in [0.15, 0.2) is 71.7 Å². The van der Waals surface area contributed by atoms with Crippen molar-refractivity contribution in [3.63, 3.8) is 0 Å². The number of unbranched alkanes of at least 4 members (excludes halogenated alkanes) is 2. The smallest absolute Gasteiger partial charge is 0.449 e. The largest absolute Gasteiger partial charge is 0.511 e. The molecule has 202 valence electrons. The Morgan fingerprint density at radius 1 is 0.974 bits per heavy atom. The molecule has 1 aromatic heterocycles. The van der Waals surface area contributed by atoms with E-state index in [0.29, 0.717) is 12.3 Å². The van der Waals surface area contributed by atoms with E-state index >= 15 is 0 Å². The normalized spacial score (nSPS) is 13.2. The van der Waals surface area contributed by atoms with Crippen molar-refractivity contribution >= 4 is 23.0 Å². The van der Waals surface area contributed by atoms with Gasteiger partial charge in [0.05, 0.1) is 17.6 Å². The number of nitrogens with zero attached hydrogens (tertiary/aromatic N) is 4. The van der Waals surface area contributed by atoms with Crippen molar-refractivity contribution in [3.8, 4) is 16.9 Å². The number of benzene rings is 3. The minimum atomic E-state index is -1.32. The van der Waals surface area contributed by atoms with Crippen LogP contribution in [0.1, 0.15) is 56.5 Å². The Hall–Kier alpha value is -4.13. The molecule has 0 atom stereocenters. The number of rotatable bonds is 11. The third-order valence-electron chi connectivity index (χ3n) is 7.24. The first-order valence-electron chi connectivity index (χ1n) is 14.0. The average molecular weight is 525 g/mol. The summed E-state index contributed by atoms with van der Waals surface area (Å²) in [5.74, 6) is 2.53. The molecule has 4 aromatic rings. The van der Waals surface area contributed by atoms with Gasteiger partial charge in [-0.15, -0.1) is 0 Å². The van der Waals surface area contributed by atoms with E-state index in [2.05, 4.69) is 53.6 Å². The number of imidazole rings is 1. The highest BCUT2D eigenvalue weighted by atomic mass is 16.7. The Labute approximate surface area is 229 Å². The van der Waals surface area contributed by atoms with Gasteiger partial charge in [-0.2, -0.15) is 0 Å². The van der Waals surface area contributed by atoms with E-state index < -0.39 is 6.16 Å². The van der Waals surface area contributed by atoms with Gasteiger partial charge in [0.1, 0.15) is 17.4 Å². The summed E-state index contributed by atoms with van der Waals surface area (Å²) in [6.07, 6.45) is 4.16. The van der Waals surface area contributed by atoms with E-state index in [1.807, 2.05) is 24.3 Å². The number of aryl methyl sites for hydroxylation is 1. The van der Waals surface area contributed by atoms with Crippen LogP contribution in [0, 0.1) is 0 Å². The van der Waals surface area contributed by atoms with Crippen molar-refractivity contribution in [2.75, 3.05) is 19.6 Å². The number of carbonyl (C=O) groups is 1. The number of para-hydroxylation sites is 1. The van der Waals surface area contributed by atoms with Gasteiger partial charge >= 0.3 is 6.16 Å². The number of carboxylic acid groups (broad SMARTS) is 1. The van der Waals surface area contributed by atoms with Crippen LogP contribution < -0.4 is 4.74 Å². The van der Waals surface area contributed by atoms with Gasteiger partial charge in [0.15, 0.2) is 0 Å². The van der Waals surface area contributed by atoms with E-state index in [1.54, 1.807) is 12.1 Å². The highest BCUT2D eigenvalue weighted by Gasteiger charge is 2.20. The lowest BCUT2D eigenvalue weighted by molar-refractivity contribution is 0.144. The fourth-order valence-corrected chi connectivity index (χ4v) is 5.20. The van der Waals surface area contributed by atoms with Gasteiger partial charge in [-0.3, -0.25) is 4.99 Å². The SMILES string of the molecule is CCCCc1nc2ccc(C3=NCCN3CCCC)cc2n1Cc1ccc(-c2ccccc2OC(=O)O)cc1. The molecule has 3 aromatic carbocycles. The summed E-state index contributed by atoms with van der Waals surface area (Å²) in [4.78, 5) is 23.4. The van der Waals surface area contributed by atoms with Crippen LogP contribution in [0.25, 0.3) is 22.2 Å². The maximum atomic E-state index is 11.1. The van der Waals surface area contributed by atoms with Crippen LogP contribution in [0.5, 0.6) is 5.75 Å². The molecule has 7 heteroatoms. The van der Waals surface area contributed by atoms with Gasteiger partial charge < -0.3 is 19.3 Å². The van der Waals surface area contributed by atoms with Crippen molar-refractivity contribution in [2.45, 2.75) is 52.5 Å². The predicted octanol–water partition coefficient (Wildman–Crippen LogP) is 7.01. The van der Waals surface area contributed by atoms with Crippen LogP contribution >= 0.6 is 0 Å². The average Bonchev–Trinajstić information content (AvgIpc) is 3.55. The summed E-state index contributed by atoms with van der Waals surface area (Å²) < 4.78 is 7.33. The molecule has 2 heterocycles. The zero-order valence-electron chi connectivity index (χ0n) is 22.8. The molecule has 5 rings (SSSR count). The lowest BCUT2D eigenvalue weighted by Gasteiger charge is -2.20. The summed E-state index contributed by atoms with van der Waals surface area (Å²) in [6, 6.07) is 22.0. The summed E-state index contributed by atoms with van der Waals surface area (Å²) in [6.45, 7) is 8.02. The Morgan fingerprint density at radius 2 is 1.74 bits per heavy atom. The minimum Gasteiger partial charge on any atom is -0.449 e. The standard InChI is InChI=1S/C32H36N4O3/c1-3-5-11-30-34-27-17-16-25(31-33-18-20-35(31)19-6-4-2)21-28(27)36(30)22-23-12-14-24(15-13-23)26-9-7-8-10-29(26)39-32(37)38/h7-10,12-17,21H,3-6,11,18-20,22H2,1-2H3,(H,37,38). The van der Waals surface area contributed by atoms with Crippen molar-refractivity contribution in [1.82, 2.24) is 14.5 Å². The van der Waals surface area contributed by atoms with Crippen molar-refractivity contribution in [1.29, 1.82) is 0 Å². The van der Waals surface area contributed by atoms with Crippen LogP contribution in [0.3, 0.4) is 0 Å². The molecule has 0 spiro atoms. The highest BCUT2D eigenvalue weighted by Crippen LogP contribution is 2.31. The molecule has 0 fully saturated rings. The summed E-state index contributed by atoms with van der Waals surface area (Å²) in [5.41, 5.74) is 6.11. The molecule has 1 aliphatic rings. The number of ether oxygens (including phenoxy) is 1. The summed E-state index contributed by atoms with van der Waals surface area (Å²) in [5, 5.41) is 9.10. The first-order chi connectivity index (χ1) is 19.1. The van der Waals surface area contributed by atoms with Gasteiger partial charge in [-0.05, 0) is 48.2 Å². The quantitative estimate of drug-likeness (QED) is 0.169.